The highest BCUT2D eigenvalue weighted by Crippen LogP contribution is 2.36. The number of benzene rings is 1. The first-order valence-electron chi connectivity index (χ1n) is 3.96. The van der Waals surface area contributed by atoms with Crippen LogP contribution in [0.15, 0.2) is 18.2 Å². The molecule has 0 spiro atoms. The molecule has 0 aliphatic rings. The summed E-state index contributed by atoms with van der Waals surface area (Å²) < 4.78 is 46.3. The standard InChI is InChI=1S/C9H8ClF3O2/c1-14-8-3-2-6(5-15-10)4-7(8)9(11,12)13/h2-4H,5H2,1H3. The summed E-state index contributed by atoms with van der Waals surface area (Å²) in [5.74, 6) is -0.221. The normalized spacial score (nSPS) is 11.5. The summed E-state index contributed by atoms with van der Waals surface area (Å²) in [5.41, 5.74) is -0.505. The summed E-state index contributed by atoms with van der Waals surface area (Å²) in [5, 5.41) is 0. The van der Waals surface area contributed by atoms with Gasteiger partial charge in [0, 0.05) is 0 Å². The lowest BCUT2D eigenvalue weighted by Crippen LogP contribution is -2.08. The lowest BCUT2D eigenvalue weighted by atomic mass is 10.1. The third-order valence-electron chi connectivity index (χ3n) is 1.79. The maximum Gasteiger partial charge on any atom is 0.419 e. The van der Waals surface area contributed by atoms with E-state index in [1.807, 2.05) is 0 Å². The summed E-state index contributed by atoms with van der Waals surface area (Å²) in [4.78, 5) is 0. The van der Waals surface area contributed by atoms with E-state index in [1.54, 1.807) is 0 Å². The quantitative estimate of drug-likeness (QED) is 0.806. The van der Waals surface area contributed by atoms with Gasteiger partial charge in [0.15, 0.2) is 0 Å². The molecule has 84 valence electrons. The van der Waals surface area contributed by atoms with Gasteiger partial charge in [-0.25, -0.2) is 0 Å². The SMILES string of the molecule is COc1ccc(COCl)cc1C(F)(F)F. The molecular weight excluding hydrogens is 233 g/mol. The van der Waals surface area contributed by atoms with Gasteiger partial charge >= 0.3 is 6.18 Å². The minimum Gasteiger partial charge on any atom is -0.496 e. The minimum absolute atomic E-state index is 0.0887. The first kappa shape index (κ1) is 12.1. The molecular formula is C9H8ClF3O2. The van der Waals surface area contributed by atoms with Crippen LogP contribution < -0.4 is 4.74 Å². The highest BCUT2D eigenvalue weighted by atomic mass is 35.5. The van der Waals surface area contributed by atoms with Crippen molar-refractivity contribution in [2.45, 2.75) is 12.8 Å². The number of hydrogen-bond acceptors (Lipinski definition) is 2. The van der Waals surface area contributed by atoms with Gasteiger partial charge < -0.3 is 4.74 Å². The van der Waals surface area contributed by atoms with E-state index in [-0.39, 0.29) is 12.4 Å². The molecule has 1 rings (SSSR count). The molecule has 0 fully saturated rings. The second-order valence-corrected chi connectivity index (χ2v) is 3.00. The zero-order valence-corrected chi connectivity index (χ0v) is 8.52. The zero-order chi connectivity index (χ0) is 11.5. The number of rotatable bonds is 3. The molecule has 2 nitrogen and oxygen atoms in total. The van der Waals surface area contributed by atoms with Crippen molar-refractivity contribution in [3.63, 3.8) is 0 Å². The van der Waals surface area contributed by atoms with Crippen LogP contribution in [-0.2, 0) is 17.1 Å². The minimum atomic E-state index is -4.45. The Kier molecular flexibility index (Phi) is 3.82. The van der Waals surface area contributed by atoms with E-state index in [1.165, 1.54) is 19.2 Å². The number of halogens is 4. The molecule has 0 unspecified atom stereocenters. The number of methoxy groups -OCH3 is 1. The molecule has 0 aromatic heterocycles. The van der Waals surface area contributed by atoms with Crippen molar-refractivity contribution >= 4 is 11.9 Å². The molecule has 1 aromatic rings. The van der Waals surface area contributed by atoms with Crippen molar-refractivity contribution in [3.8, 4) is 5.75 Å². The Labute approximate surface area is 89.7 Å². The predicted octanol–water partition coefficient (Wildman–Crippen LogP) is 3.38. The first-order chi connectivity index (χ1) is 6.99. The summed E-state index contributed by atoms with van der Waals surface area (Å²) in [7, 11) is 1.18. The predicted molar refractivity (Wildman–Crippen MR) is 48.6 cm³/mol. The maximum atomic E-state index is 12.5. The van der Waals surface area contributed by atoms with Gasteiger partial charge in [-0.3, -0.25) is 4.29 Å². The molecule has 0 saturated heterocycles. The topological polar surface area (TPSA) is 18.5 Å². The first-order valence-corrected chi connectivity index (χ1v) is 4.27. The fraction of sp³-hybridized carbons (Fsp3) is 0.333. The monoisotopic (exact) mass is 240 g/mol. The molecule has 0 atom stereocenters. The van der Waals surface area contributed by atoms with E-state index in [4.69, 9.17) is 11.9 Å². The van der Waals surface area contributed by atoms with Crippen molar-refractivity contribution in [1.82, 2.24) is 0 Å². The van der Waals surface area contributed by atoms with Gasteiger partial charge in [0.05, 0.1) is 31.1 Å². The second kappa shape index (κ2) is 4.72. The van der Waals surface area contributed by atoms with Gasteiger partial charge in [0.2, 0.25) is 0 Å². The molecule has 0 N–H and O–H groups in total. The van der Waals surface area contributed by atoms with Crippen LogP contribution in [0.1, 0.15) is 11.1 Å². The van der Waals surface area contributed by atoms with Gasteiger partial charge in [0.25, 0.3) is 0 Å². The van der Waals surface area contributed by atoms with Crippen molar-refractivity contribution in [3.05, 3.63) is 29.3 Å². The van der Waals surface area contributed by atoms with Crippen LogP contribution >= 0.6 is 11.9 Å². The largest absolute Gasteiger partial charge is 0.496 e. The third kappa shape index (κ3) is 3.00. The van der Waals surface area contributed by atoms with Crippen LogP contribution in [0.3, 0.4) is 0 Å². The van der Waals surface area contributed by atoms with Gasteiger partial charge in [0.1, 0.15) is 5.75 Å². The summed E-state index contributed by atoms with van der Waals surface area (Å²) in [6.07, 6.45) is -4.45. The van der Waals surface area contributed by atoms with E-state index in [2.05, 4.69) is 9.03 Å². The smallest absolute Gasteiger partial charge is 0.419 e. The van der Waals surface area contributed by atoms with Crippen molar-refractivity contribution in [2.75, 3.05) is 7.11 Å². The van der Waals surface area contributed by atoms with Gasteiger partial charge in [-0.1, -0.05) is 6.07 Å². The van der Waals surface area contributed by atoms with Crippen molar-refractivity contribution < 1.29 is 22.2 Å². The summed E-state index contributed by atoms with van der Waals surface area (Å²) in [6, 6.07) is 3.63. The van der Waals surface area contributed by atoms with Crippen LogP contribution in [0.5, 0.6) is 5.75 Å². The number of ether oxygens (including phenoxy) is 1. The Balaban J connectivity index is 3.13. The van der Waals surface area contributed by atoms with E-state index < -0.39 is 11.7 Å². The third-order valence-corrected chi connectivity index (χ3v) is 1.90. The highest BCUT2D eigenvalue weighted by Gasteiger charge is 2.34. The Morgan fingerprint density at radius 2 is 2.00 bits per heavy atom. The van der Waals surface area contributed by atoms with E-state index in [0.717, 1.165) is 6.07 Å². The van der Waals surface area contributed by atoms with Crippen molar-refractivity contribution in [1.29, 1.82) is 0 Å². The van der Waals surface area contributed by atoms with Crippen molar-refractivity contribution in [2.24, 2.45) is 0 Å². The molecule has 0 amide bonds. The Morgan fingerprint density at radius 1 is 1.33 bits per heavy atom. The average Bonchev–Trinajstić information content (AvgIpc) is 2.17. The lowest BCUT2D eigenvalue weighted by molar-refractivity contribution is -0.138. The summed E-state index contributed by atoms with van der Waals surface area (Å²) >= 11 is 4.96. The Hall–Kier alpha value is -0.940. The van der Waals surface area contributed by atoms with Gasteiger partial charge in [-0.05, 0) is 17.7 Å². The Morgan fingerprint density at radius 3 is 2.47 bits per heavy atom. The van der Waals surface area contributed by atoms with Crippen LogP contribution in [-0.4, -0.2) is 7.11 Å². The van der Waals surface area contributed by atoms with Crippen LogP contribution in [0.4, 0.5) is 13.2 Å². The highest BCUT2D eigenvalue weighted by molar-refractivity contribution is 6.07. The molecule has 0 saturated carbocycles. The second-order valence-electron chi connectivity index (χ2n) is 2.79. The Bertz CT molecular complexity index is 339. The number of hydrogen-bond donors (Lipinski definition) is 0. The molecule has 0 heterocycles. The van der Waals surface area contributed by atoms with Crippen LogP contribution in [0.25, 0.3) is 0 Å². The van der Waals surface area contributed by atoms with Gasteiger partial charge in [-0.2, -0.15) is 13.2 Å². The molecule has 15 heavy (non-hydrogen) atoms. The van der Waals surface area contributed by atoms with E-state index >= 15 is 0 Å². The molecule has 0 aliphatic heterocycles. The molecule has 6 heteroatoms. The molecule has 0 radical (unpaired) electrons. The number of alkyl halides is 3. The average molecular weight is 241 g/mol. The zero-order valence-electron chi connectivity index (χ0n) is 7.77. The molecule has 0 aliphatic carbocycles. The van der Waals surface area contributed by atoms with E-state index in [0.29, 0.717) is 5.56 Å². The summed E-state index contributed by atoms with van der Waals surface area (Å²) in [6.45, 7) is -0.0887. The maximum absolute atomic E-state index is 12.5. The van der Waals surface area contributed by atoms with Gasteiger partial charge in [-0.15, -0.1) is 0 Å². The van der Waals surface area contributed by atoms with E-state index in [9.17, 15) is 13.2 Å². The fourth-order valence-corrected chi connectivity index (χ4v) is 1.26. The van der Waals surface area contributed by atoms with Crippen LogP contribution in [0, 0.1) is 0 Å². The molecule has 0 bridgehead atoms. The fourth-order valence-electron chi connectivity index (χ4n) is 1.13. The molecule has 1 aromatic carbocycles. The lowest BCUT2D eigenvalue weighted by Gasteiger charge is -2.12. The van der Waals surface area contributed by atoms with Crippen LogP contribution in [0.2, 0.25) is 0 Å².